The van der Waals surface area contributed by atoms with E-state index in [4.69, 9.17) is 10.00 Å². The van der Waals surface area contributed by atoms with Gasteiger partial charge in [-0.05, 0) is 41.8 Å². The number of rotatable bonds is 5. The van der Waals surface area contributed by atoms with Gasteiger partial charge >= 0.3 is 19.8 Å². The first-order valence-electron chi connectivity index (χ1n) is 9.91. The number of pyridine rings is 1. The molecule has 1 unspecified atom stereocenters. The fourth-order valence-electron chi connectivity index (χ4n) is 4.04. The summed E-state index contributed by atoms with van der Waals surface area (Å²) < 4.78 is 22.8. The van der Waals surface area contributed by atoms with Crippen LogP contribution in [0.15, 0.2) is 36.5 Å². The molecule has 0 aliphatic carbocycles. The molecule has 12 heteroatoms. The van der Waals surface area contributed by atoms with E-state index in [9.17, 15) is 23.8 Å². The Morgan fingerprint density at radius 2 is 2.06 bits per heavy atom. The SMILES string of the molecule is CC(=O)OP(=O)(O)N(C[C@@H]1OC(=O)N2c3ccc(-c4ccc(C#N)nc4)cc3C[C@@H]12)C(C)=O. The summed E-state index contributed by atoms with van der Waals surface area (Å²) >= 11 is 0. The summed E-state index contributed by atoms with van der Waals surface area (Å²) in [6.45, 7) is 1.60. The van der Waals surface area contributed by atoms with Gasteiger partial charge in [0.2, 0.25) is 5.91 Å². The van der Waals surface area contributed by atoms with Gasteiger partial charge in [-0.1, -0.05) is 6.07 Å². The van der Waals surface area contributed by atoms with Crippen molar-refractivity contribution in [2.75, 3.05) is 11.4 Å². The number of fused-ring (bicyclic) bond motifs is 3. The Kier molecular flexibility index (Phi) is 5.66. The van der Waals surface area contributed by atoms with Crippen LogP contribution in [0.4, 0.5) is 10.5 Å². The van der Waals surface area contributed by atoms with Crippen LogP contribution in [0.25, 0.3) is 11.1 Å². The van der Waals surface area contributed by atoms with E-state index < -0.39 is 44.4 Å². The maximum Gasteiger partial charge on any atom is 0.490 e. The van der Waals surface area contributed by atoms with Gasteiger partial charge < -0.3 is 9.26 Å². The van der Waals surface area contributed by atoms with Gasteiger partial charge in [-0.3, -0.25) is 19.4 Å². The summed E-state index contributed by atoms with van der Waals surface area (Å²) in [5.74, 6) is -1.82. The second-order valence-electron chi connectivity index (χ2n) is 7.63. The Balaban J connectivity index is 1.58. The second-order valence-corrected chi connectivity index (χ2v) is 9.27. The maximum atomic E-state index is 12.6. The number of cyclic esters (lactones) is 1. The zero-order valence-electron chi connectivity index (χ0n) is 17.7. The van der Waals surface area contributed by atoms with Crippen LogP contribution < -0.4 is 4.90 Å². The molecule has 1 N–H and O–H groups in total. The molecule has 0 bridgehead atoms. The van der Waals surface area contributed by atoms with Crippen molar-refractivity contribution in [3.63, 3.8) is 0 Å². The van der Waals surface area contributed by atoms with E-state index in [0.29, 0.717) is 22.5 Å². The molecule has 1 aromatic carbocycles. The number of amides is 2. The van der Waals surface area contributed by atoms with Crippen LogP contribution in [0.5, 0.6) is 0 Å². The maximum absolute atomic E-state index is 12.6. The van der Waals surface area contributed by atoms with Gasteiger partial charge in [-0.25, -0.2) is 19.0 Å². The molecule has 2 aromatic rings. The fraction of sp³-hybridized carbons (Fsp3) is 0.286. The lowest BCUT2D eigenvalue weighted by Crippen LogP contribution is -2.41. The number of carbonyl (C=O) groups excluding carboxylic acids is 3. The van der Waals surface area contributed by atoms with E-state index in [-0.39, 0.29) is 0 Å². The standard InChI is InChI=1S/C21H19N4O7P/c1-12(26)24(33(29,30)32-13(2)27)11-20-19-8-16-7-14(15-3-5-17(9-22)23-10-15)4-6-18(16)25(19)21(28)31-20/h3-7,10,19-20H,8,11H2,1-2H3,(H,29,30)/t19-,20-/m0/s1. The van der Waals surface area contributed by atoms with Gasteiger partial charge in [0.05, 0.1) is 18.3 Å². The number of anilines is 1. The van der Waals surface area contributed by atoms with Crippen LogP contribution in [0, 0.1) is 11.3 Å². The molecular formula is C21H19N4O7P. The van der Waals surface area contributed by atoms with Crippen molar-refractivity contribution in [1.29, 1.82) is 5.26 Å². The smallest absolute Gasteiger partial charge is 0.442 e. The van der Waals surface area contributed by atoms with E-state index in [1.807, 2.05) is 18.2 Å². The van der Waals surface area contributed by atoms with E-state index in [2.05, 4.69) is 9.51 Å². The zero-order chi connectivity index (χ0) is 23.9. The van der Waals surface area contributed by atoms with Crippen LogP contribution in [0.3, 0.4) is 0 Å². The van der Waals surface area contributed by atoms with Crippen molar-refractivity contribution in [3.8, 4) is 17.2 Å². The number of carbonyl (C=O) groups is 3. The molecule has 4 rings (SSSR count). The molecule has 0 saturated carbocycles. The zero-order valence-corrected chi connectivity index (χ0v) is 18.6. The normalized spacial score (nSPS) is 20.2. The minimum absolute atomic E-state index is 0.302. The molecule has 33 heavy (non-hydrogen) atoms. The van der Waals surface area contributed by atoms with E-state index in [1.54, 1.807) is 24.4 Å². The van der Waals surface area contributed by atoms with Gasteiger partial charge in [0.25, 0.3) is 0 Å². The van der Waals surface area contributed by atoms with Gasteiger partial charge in [-0.2, -0.15) is 5.26 Å². The van der Waals surface area contributed by atoms with Gasteiger partial charge in [0.15, 0.2) is 0 Å². The van der Waals surface area contributed by atoms with E-state index in [1.165, 1.54) is 4.90 Å². The Bertz CT molecular complexity index is 1240. The minimum atomic E-state index is -4.76. The Labute approximate surface area is 188 Å². The second kappa shape index (κ2) is 8.31. The largest absolute Gasteiger partial charge is 0.490 e. The van der Waals surface area contributed by atoms with Crippen molar-refractivity contribution in [1.82, 2.24) is 9.65 Å². The summed E-state index contributed by atoms with van der Waals surface area (Å²) in [5, 5.41) is 8.91. The number of benzene rings is 1. The summed E-state index contributed by atoms with van der Waals surface area (Å²) in [7, 11) is -4.76. The highest BCUT2D eigenvalue weighted by Gasteiger charge is 2.50. The Morgan fingerprint density at radius 1 is 1.33 bits per heavy atom. The first kappa shape index (κ1) is 22.5. The minimum Gasteiger partial charge on any atom is -0.442 e. The van der Waals surface area contributed by atoms with Gasteiger partial charge in [0.1, 0.15) is 17.9 Å². The number of aromatic nitrogens is 1. The lowest BCUT2D eigenvalue weighted by molar-refractivity contribution is -0.134. The fourth-order valence-corrected chi connectivity index (χ4v) is 5.20. The highest BCUT2D eigenvalue weighted by molar-refractivity contribution is 7.51. The van der Waals surface area contributed by atoms with Gasteiger partial charge in [0, 0.05) is 25.6 Å². The van der Waals surface area contributed by atoms with E-state index >= 15 is 0 Å². The van der Waals surface area contributed by atoms with Crippen LogP contribution in [-0.4, -0.2) is 51.2 Å². The molecule has 2 aliphatic rings. The molecular weight excluding hydrogens is 451 g/mol. The van der Waals surface area contributed by atoms with Crippen molar-refractivity contribution < 1.29 is 33.1 Å². The Hall–Kier alpha value is -3.74. The molecule has 1 fully saturated rings. The average Bonchev–Trinajstić information content (AvgIpc) is 3.27. The lowest BCUT2D eigenvalue weighted by Gasteiger charge is -2.27. The summed E-state index contributed by atoms with van der Waals surface area (Å²) in [6, 6.07) is 10.3. The quantitative estimate of drug-likeness (QED) is 0.650. The van der Waals surface area contributed by atoms with Crippen molar-refractivity contribution in [2.24, 2.45) is 0 Å². The number of ether oxygens (including phenoxy) is 1. The first-order valence-corrected chi connectivity index (χ1v) is 11.4. The molecule has 0 radical (unpaired) electrons. The number of hydrogen-bond donors (Lipinski definition) is 1. The van der Waals surface area contributed by atoms with Crippen LogP contribution >= 0.6 is 7.75 Å². The first-order chi connectivity index (χ1) is 15.6. The molecule has 11 nitrogen and oxygen atoms in total. The average molecular weight is 470 g/mol. The van der Waals surface area contributed by atoms with Crippen LogP contribution in [-0.2, 0) is 29.8 Å². The topological polar surface area (TPSA) is 150 Å². The molecule has 2 amide bonds. The van der Waals surface area contributed by atoms with E-state index in [0.717, 1.165) is 30.5 Å². The highest BCUT2D eigenvalue weighted by Crippen LogP contribution is 2.48. The number of nitrogens with zero attached hydrogens (tertiary/aromatic N) is 4. The van der Waals surface area contributed by atoms with Gasteiger partial charge in [-0.15, -0.1) is 0 Å². The van der Waals surface area contributed by atoms with Crippen molar-refractivity contribution in [2.45, 2.75) is 32.4 Å². The number of nitriles is 1. The Morgan fingerprint density at radius 3 is 2.67 bits per heavy atom. The van der Waals surface area contributed by atoms with Crippen molar-refractivity contribution >= 4 is 31.4 Å². The lowest BCUT2D eigenvalue weighted by atomic mass is 10.0. The molecule has 170 valence electrons. The third-order valence-electron chi connectivity index (χ3n) is 5.46. The monoisotopic (exact) mass is 470 g/mol. The molecule has 2 aliphatic heterocycles. The predicted molar refractivity (Wildman–Crippen MR) is 114 cm³/mol. The molecule has 1 aromatic heterocycles. The molecule has 3 atom stereocenters. The van der Waals surface area contributed by atoms with Crippen molar-refractivity contribution in [3.05, 3.63) is 47.8 Å². The van der Waals surface area contributed by atoms with Crippen LogP contribution in [0.1, 0.15) is 25.1 Å². The predicted octanol–water partition coefficient (Wildman–Crippen LogP) is 2.38. The van der Waals surface area contributed by atoms with Crippen LogP contribution in [0.2, 0.25) is 0 Å². The number of hydrogen-bond acceptors (Lipinski definition) is 8. The summed E-state index contributed by atoms with van der Waals surface area (Å²) in [4.78, 5) is 51.4. The summed E-state index contributed by atoms with van der Waals surface area (Å²) in [6.07, 6.45) is 0.426. The third-order valence-corrected chi connectivity index (χ3v) is 7.01. The highest BCUT2D eigenvalue weighted by atomic mass is 31.2. The summed E-state index contributed by atoms with van der Waals surface area (Å²) in [5.41, 5.74) is 3.44. The third kappa shape index (κ3) is 4.18. The molecule has 3 heterocycles. The molecule has 0 spiro atoms. The molecule has 1 saturated heterocycles.